The third kappa shape index (κ3) is 2.35. The maximum Gasteiger partial charge on any atom is 0.303 e. The number of hydrogen-bond acceptors (Lipinski definition) is 2. The monoisotopic (exact) mass is 264 g/mol. The van der Waals surface area contributed by atoms with Crippen LogP contribution in [0, 0.1) is 0 Å². The predicted molar refractivity (Wildman–Crippen MR) is 56.0 cm³/mol. The Balaban J connectivity index is 2.83. The molecule has 72 valence electrons. The van der Waals surface area contributed by atoms with Gasteiger partial charge in [0.25, 0.3) is 0 Å². The summed E-state index contributed by atoms with van der Waals surface area (Å²) in [6.45, 7) is 3.24. The molecule has 13 heavy (non-hydrogen) atoms. The molecule has 0 fully saturated rings. The molecule has 2 nitrogen and oxygen atoms in total. The summed E-state index contributed by atoms with van der Waals surface area (Å²) in [7, 11) is 0. The third-order valence-corrected chi connectivity index (χ3v) is 3.40. The van der Waals surface area contributed by atoms with Crippen LogP contribution in [0.15, 0.2) is 23.8 Å². The molecule has 1 rings (SSSR count). The number of esters is 1. The Bertz CT molecular complexity index is 281. The molecule has 0 saturated heterocycles. The van der Waals surface area contributed by atoms with Gasteiger partial charge in [0.2, 0.25) is 0 Å². The zero-order chi connectivity index (χ0) is 10.1. The summed E-state index contributed by atoms with van der Waals surface area (Å²) in [4.78, 5) is 10.8. The lowest BCUT2D eigenvalue weighted by Crippen LogP contribution is -2.35. The first-order chi connectivity index (χ1) is 5.94. The highest BCUT2D eigenvalue weighted by Crippen LogP contribution is 2.40. The van der Waals surface area contributed by atoms with E-state index in [0.29, 0.717) is 0 Å². The Labute approximate surface area is 90.7 Å². The highest BCUT2D eigenvalue weighted by Gasteiger charge is 2.38. The number of halogens is 2. The molecule has 0 radical (unpaired) electrons. The molecule has 0 saturated carbocycles. The first-order valence-corrected chi connectivity index (χ1v) is 5.02. The van der Waals surface area contributed by atoms with E-state index in [1.54, 1.807) is 6.08 Å². The third-order valence-electron chi connectivity index (χ3n) is 1.81. The van der Waals surface area contributed by atoms with Gasteiger partial charge in [-0.1, -0.05) is 39.7 Å². The highest BCUT2D eigenvalue weighted by molar-refractivity contribution is 9.10. The summed E-state index contributed by atoms with van der Waals surface area (Å²) in [6, 6.07) is 0. The van der Waals surface area contributed by atoms with Crippen LogP contribution in [-0.4, -0.2) is 15.9 Å². The van der Waals surface area contributed by atoms with Crippen molar-refractivity contribution in [3.8, 4) is 0 Å². The van der Waals surface area contributed by atoms with E-state index in [0.717, 1.165) is 5.57 Å². The maximum absolute atomic E-state index is 10.8. The van der Waals surface area contributed by atoms with Crippen LogP contribution >= 0.6 is 27.5 Å². The summed E-state index contributed by atoms with van der Waals surface area (Å²) >= 11 is 9.47. The van der Waals surface area contributed by atoms with E-state index in [1.807, 2.05) is 19.1 Å². The standard InChI is InChI=1S/C9H10BrClO2/c1-6-4-3-5-8(9(6,10)11)13-7(2)12/h3-5,8H,1-2H3. The number of ether oxygens (including phenoxy) is 1. The van der Waals surface area contributed by atoms with Crippen LogP contribution in [0.5, 0.6) is 0 Å². The molecule has 0 N–H and O–H groups in total. The normalized spacial score (nSPS) is 32.6. The molecule has 0 spiro atoms. The van der Waals surface area contributed by atoms with E-state index in [2.05, 4.69) is 15.9 Å². The number of carbonyl (C=O) groups excluding carboxylic acids is 1. The number of hydrogen-bond donors (Lipinski definition) is 0. The van der Waals surface area contributed by atoms with Crippen LogP contribution in [0.25, 0.3) is 0 Å². The average Bonchev–Trinajstić information content (AvgIpc) is 1.99. The molecule has 0 aliphatic heterocycles. The fourth-order valence-electron chi connectivity index (χ4n) is 1.05. The molecule has 0 amide bonds. The van der Waals surface area contributed by atoms with Gasteiger partial charge in [-0.05, 0) is 18.6 Å². The van der Waals surface area contributed by atoms with Gasteiger partial charge in [0.05, 0.1) is 0 Å². The first-order valence-electron chi connectivity index (χ1n) is 3.85. The zero-order valence-corrected chi connectivity index (χ0v) is 9.72. The molecule has 1 aliphatic carbocycles. The highest BCUT2D eigenvalue weighted by atomic mass is 79.9. The van der Waals surface area contributed by atoms with Gasteiger partial charge in [-0.25, -0.2) is 0 Å². The minimum atomic E-state index is -0.798. The SMILES string of the molecule is CC(=O)OC1C=CC=C(C)C1(Cl)Br. The number of carbonyl (C=O) groups is 1. The van der Waals surface area contributed by atoms with Crippen molar-refractivity contribution in [2.24, 2.45) is 0 Å². The number of rotatable bonds is 1. The average molecular weight is 266 g/mol. The molecular formula is C9H10BrClO2. The summed E-state index contributed by atoms with van der Waals surface area (Å²) in [5, 5.41) is 0. The van der Waals surface area contributed by atoms with Crippen molar-refractivity contribution in [2.45, 2.75) is 23.7 Å². The predicted octanol–water partition coefficient (Wildman–Crippen LogP) is 2.76. The van der Waals surface area contributed by atoms with Gasteiger partial charge in [-0.15, -0.1) is 0 Å². The van der Waals surface area contributed by atoms with Crippen LogP contribution < -0.4 is 0 Å². The fraction of sp³-hybridized carbons (Fsp3) is 0.444. The van der Waals surface area contributed by atoms with Gasteiger partial charge in [0.1, 0.15) is 0 Å². The van der Waals surface area contributed by atoms with Crippen molar-refractivity contribution in [3.63, 3.8) is 0 Å². The van der Waals surface area contributed by atoms with Crippen LogP contribution in [0.2, 0.25) is 0 Å². The Hall–Kier alpha value is -0.280. The van der Waals surface area contributed by atoms with Gasteiger partial charge < -0.3 is 4.74 Å². The molecule has 0 aromatic carbocycles. The minimum Gasteiger partial charge on any atom is -0.455 e. The Morgan fingerprint density at radius 2 is 2.38 bits per heavy atom. The van der Waals surface area contributed by atoms with E-state index in [9.17, 15) is 4.79 Å². The molecule has 2 unspecified atom stereocenters. The fourth-order valence-corrected chi connectivity index (χ4v) is 1.61. The van der Waals surface area contributed by atoms with E-state index >= 15 is 0 Å². The van der Waals surface area contributed by atoms with Crippen molar-refractivity contribution in [2.75, 3.05) is 0 Å². The smallest absolute Gasteiger partial charge is 0.303 e. The van der Waals surface area contributed by atoms with Gasteiger partial charge in [0.15, 0.2) is 9.89 Å². The minimum absolute atomic E-state index is 0.339. The second kappa shape index (κ2) is 3.84. The van der Waals surface area contributed by atoms with Crippen molar-refractivity contribution in [1.29, 1.82) is 0 Å². The molecule has 0 aromatic heterocycles. The summed E-state index contributed by atoms with van der Waals surface area (Å²) in [5.41, 5.74) is 0.919. The molecule has 0 bridgehead atoms. The van der Waals surface area contributed by atoms with E-state index in [1.165, 1.54) is 6.92 Å². The van der Waals surface area contributed by atoms with Gasteiger partial charge in [-0.3, -0.25) is 4.79 Å². The van der Waals surface area contributed by atoms with E-state index in [-0.39, 0.29) is 5.97 Å². The first kappa shape index (κ1) is 10.8. The lowest BCUT2D eigenvalue weighted by Gasteiger charge is -2.30. The summed E-state index contributed by atoms with van der Waals surface area (Å²) in [6.07, 6.45) is 5.00. The number of alkyl halides is 2. The Kier molecular flexibility index (Phi) is 3.19. The van der Waals surface area contributed by atoms with Gasteiger partial charge in [-0.2, -0.15) is 0 Å². The lowest BCUT2D eigenvalue weighted by atomic mass is 10.0. The number of allylic oxidation sites excluding steroid dienone is 2. The quantitative estimate of drug-likeness (QED) is 0.538. The summed E-state index contributed by atoms with van der Waals surface area (Å²) in [5.74, 6) is -0.339. The topological polar surface area (TPSA) is 26.3 Å². The lowest BCUT2D eigenvalue weighted by molar-refractivity contribution is -0.144. The zero-order valence-electron chi connectivity index (χ0n) is 7.38. The van der Waals surface area contributed by atoms with Crippen molar-refractivity contribution < 1.29 is 9.53 Å². The van der Waals surface area contributed by atoms with E-state index in [4.69, 9.17) is 16.3 Å². The van der Waals surface area contributed by atoms with Crippen LogP contribution in [0.1, 0.15) is 13.8 Å². The maximum atomic E-state index is 10.8. The second-order valence-corrected chi connectivity index (χ2v) is 5.19. The second-order valence-electron chi connectivity index (χ2n) is 2.89. The van der Waals surface area contributed by atoms with Crippen LogP contribution in [-0.2, 0) is 9.53 Å². The van der Waals surface area contributed by atoms with Crippen molar-refractivity contribution >= 4 is 33.5 Å². The van der Waals surface area contributed by atoms with E-state index < -0.39 is 9.89 Å². The molecule has 2 atom stereocenters. The summed E-state index contributed by atoms with van der Waals surface area (Å²) < 4.78 is 4.23. The Morgan fingerprint density at radius 1 is 1.77 bits per heavy atom. The van der Waals surface area contributed by atoms with Crippen molar-refractivity contribution in [1.82, 2.24) is 0 Å². The molecular weight excluding hydrogens is 255 g/mol. The molecule has 1 aliphatic rings. The molecule has 4 heteroatoms. The molecule has 0 heterocycles. The van der Waals surface area contributed by atoms with Crippen molar-refractivity contribution in [3.05, 3.63) is 23.8 Å². The van der Waals surface area contributed by atoms with Crippen LogP contribution in [0.4, 0.5) is 0 Å². The van der Waals surface area contributed by atoms with Crippen LogP contribution in [0.3, 0.4) is 0 Å². The molecule has 0 aromatic rings. The largest absolute Gasteiger partial charge is 0.455 e. The van der Waals surface area contributed by atoms with Gasteiger partial charge in [0, 0.05) is 6.92 Å². The van der Waals surface area contributed by atoms with Gasteiger partial charge >= 0.3 is 5.97 Å². The Morgan fingerprint density at radius 3 is 2.92 bits per heavy atom.